The minimum atomic E-state index is -0.885. The number of benzene rings is 2. The summed E-state index contributed by atoms with van der Waals surface area (Å²) in [4.78, 5) is 11.3. The molecular formula is C20H20ClNO2. The maximum atomic E-state index is 11.3. The maximum Gasteiger partial charge on any atom is 0.335 e. The lowest BCUT2D eigenvalue weighted by Crippen LogP contribution is -1.97. The minimum Gasteiger partial charge on any atom is -0.478 e. The lowest BCUT2D eigenvalue weighted by atomic mass is 10.0. The Morgan fingerprint density at radius 1 is 1.12 bits per heavy atom. The summed E-state index contributed by atoms with van der Waals surface area (Å²) >= 11 is 5.93. The number of carboxylic acid groups (broad SMARTS) is 1. The molecule has 24 heavy (non-hydrogen) atoms. The molecule has 0 aliphatic carbocycles. The fourth-order valence-corrected chi connectivity index (χ4v) is 3.19. The van der Waals surface area contributed by atoms with Gasteiger partial charge in [-0.2, -0.15) is 0 Å². The quantitative estimate of drug-likeness (QED) is 0.670. The van der Waals surface area contributed by atoms with Gasteiger partial charge in [0.1, 0.15) is 0 Å². The molecule has 0 aliphatic heterocycles. The Hall–Kier alpha value is -2.26. The standard InChI is InChI=1S/C20H20ClNO2/c1-2-11-22-13-16(6-3-14-4-8-17(21)9-5-14)18-12-15(20(23)24)7-10-19(18)22/h4-5,7-10,12-13H,2-3,6,11H2,1H3,(H,23,24). The highest BCUT2D eigenvalue weighted by Gasteiger charge is 2.12. The van der Waals surface area contributed by atoms with Crippen LogP contribution >= 0.6 is 11.6 Å². The van der Waals surface area contributed by atoms with Crippen molar-refractivity contribution in [3.63, 3.8) is 0 Å². The molecule has 0 atom stereocenters. The van der Waals surface area contributed by atoms with Crippen LogP contribution in [0.2, 0.25) is 5.02 Å². The molecule has 3 aromatic rings. The Balaban J connectivity index is 1.94. The Morgan fingerprint density at radius 3 is 2.54 bits per heavy atom. The molecule has 124 valence electrons. The summed E-state index contributed by atoms with van der Waals surface area (Å²) in [6, 6.07) is 13.3. The highest BCUT2D eigenvalue weighted by molar-refractivity contribution is 6.30. The van der Waals surface area contributed by atoms with Crippen LogP contribution in [-0.2, 0) is 19.4 Å². The predicted octanol–water partition coefficient (Wildman–Crippen LogP) is 5.19. The molecule has 0 bridgehead atoms. The van der Waals surface area contributed by atoms with E-state index in [9.17, 15) is 9.90 Å². The van der Waals surface area contributed by atoms with E-state index < -0.39 is 5.97 Å². The van der Waals surface area contributed by atoms with E-state index in [0.29, 0.717) is 5.56 Å². The van der Waals surface area contributed by atoms with Gasteiger partial charge in [-0.3, -0.25) is 0 Å². The molecule has 0 saturated heterocycles. The van der Waals surface area contributed by atoms with Crippen LogP contribution in [0.3, 0.4) is 0 Å². The second-order valence-electron chi connectivity index (χ2n) is 6.01. The zero-order valence-corrected chi connectivity index (χ0v) is 14.4. The first-order valence-corrected chi connectivity index (χ1v) is 8.56. The average molecular weight is 342 g/mol. The highest BCUT2D eigenvalue weighted by Crippen LogP contribution is 2.25. The zero-order chi connectivity index (χ0) is 17.1. The summed E-state index contributed by atoms with van der Waals surface area (Å²) in [6.45, 7) is 3.08. The number of fused-ring (bicyclic) bond motifs is 1. The van der Waals surface area contributed by atoms with Crippen molar-refractivity contribution in [3.8, 4) is 0 Å². The Labute approximate surface area is 146 Å². The van der Waals surface area contributed by atoms with Crippen LogP contribution in [0, 0.1) is 0 Å². The van der Waals surface area contributed by atoms with Crippen molar-refractivity contribution < 1.29 is 9.90 Å². The van der Waals surface area contributed by atoms with Crippen LogP contribution in [0.1, 0.15) is 34.8 Å². The largest absolute Gasteiger partial charge is 0.478 e. The molecule has 0 fully saturated rings. The molecule has 0 saturated carbocycles. The number of hydrogen-bond acceptors (Lipinski definition) is 1. The minimum absolute atomic E-state index is 0.337. The Kier molecular flexibility index (Phi) is 4.91. The van der Waals surface area contributed by atoms with Crippen molar-refractivity contribution >= 4 is 28.5 Å². The number of halogens is 1. The molecule has 4 heteroatoms. The van der Waals surface area contributed by atoms with Crippen LogP contribution in [0.15, 0.2) is 48.7 Å². The van der Waals surface area contributed by atoms with Gasteiger partial charge < -0.3 is 9.67 Å². The average Bonchev–Trinajstić information content (AvgIpc) is 2.92. The number of nitrogens with zero attached hydrogens (tertiary/aromatic N) is 1. The van der Waals surface area contributed by atoms with Gasteiger partial charge in [-0.15, -0.1) is 0 Å². The molecule has 2 aromatic carbocycles. The molecule has 0 unspecified atom stereocenters. The summed E-state index contributed by atoms with van der Waals surface area (Å²) in [7, 11) is 0. The van der Waals surface area contributed by atoms with Gasteiger partial charge in [-0.25, -0.2) is 4.79 Å². The van der Waals surface area contributed by atoms with Gasteiger partial charge in [-0.1, -0.05) is 30.7 Å². The third kappa shape index (κ3) is 3.46. The van der Waals surface area contributed by atoms with E-state index in [4.69, 9.17) is 11.6 Å². The van der Waals surface area contributed by atoms with E-state index in [-0.39, 0.29) is 0 Å². The van der Waals surface area contributed by atoms with E-state index in [1.165, 1.54) is 11.1 Å². The van der Waals surface area contributed by atoms with Crippen molar-refractivity contribution in [2.75, 3.05) is 0 Å². The summed E-state index contributed by atoms with van der Waals surface area (Å²) in [5, 5.41) is 11.0. The Bertz CT molecular complexity index is 865. The molecule has 0 aliphatic rings. The number of aryl methyl sites for hydroxylation is 3. The number of carboxylic acids is 1. The number of carbonyl (C=O) groups is 1. The van der Waals surface area contributed by atoms with Crippen LogP contribution in [-0.4, -0.2) is 15.6 Å². The molecule has 0 radical (unpaired) electrons. The lowest BCUT2D eigenvalue weighted by Gasteiger charge is -2.03. The first-order chi connectivity index (χ1) is 11.6. The second-order valence-corrected chi connectivity index (χ2v) is 6.45. The van der Waals surface area contributed by atoms with Gasteiger partial charge in [0, 0.05) is 28.7 Å². The molecule has 1 aromatic heterocycles. The monoisotopic (exact) mass is 341 g/mol. The fourth-order valence-electron chi connectivity index (χ4n) is 3.06. The van der Waals surface area contributed by atoms with Gasteiger partial charge >= 0.3 is 5.97 Å². The lowest BCUT2D eigenvalue weighted by molar-refractivity contribution is 0.0697. The van der Waals surface area contributed by atoms with E-state index in [2.05, 4.69) is 17.7 Å². The van der Waals surface area contributed by atoms with Crippen LogP contribution in [0.25, 0.3) is 10.9 Å². The molecule has 3 nitrogen and oxygen atoms in total. The van der Waals surface area contributed by atoms with Crippen molar-refractivity contribution in [3.05, 3.63) is 70.4 Å². The Morgan fingerprint density at radius 2 is 1.88 bits per heavy atom. The summed E-state index contributed by atoms with van der Waals surface area (Å²) in [5.41, 5.74) is 3.86. The molecule has 0 amide bonds. The van der Waals surface area contributed by atoms with E-state index in [0.717, 1.165) is 41.7 Å². The third-order valence-corrected chi connectivity index (χ3v) is 4.52. The van der Waals surface area contributed by atoms with Crippen molar-refractivity contribution in [1.82, 2.24) is 4.57 Å². The van der Waals surface area contributed by atoms with Gasteiger partial charge in [0.2, 0.25) is 0 Å². The molecule has 1 N–H and O–H groups in total. The summed E-state index contributed by atoms with van der Waals surface area (Å²) in [5.74, 6) is -0.885. The van der Waals surface area contributed by atoms with E-state index in [1.54, 1.807) is 12.1 Å². The maximum absolute atomic E-state index is 11.3. The highest BCUT2D eigenvalue weighted by atomic mass is 35.5. The molecule has 0 spiro atoms. The van der Waals surface area contributed by atoms with Gasteiger partial charge in [0.15, 0.2) is 0 Å². The molecule has 1 heterocycles. The smallest absolute Gasteiger partial charge is 0.335 e. The van der Waals surface area contributed by atoms with Gasteiger partial charge in [-0.05, 0) is 60.7 Å². The SMILES string of the molecule is CCCn1cc(CCc2ccc(Cl)cc2)c2cc(C(=O)O)ccc21. The summed E-state index contributed by atoms with van der Waals surface area (Å²) < 4.78 is 2.22. The number of aromatic nitrogens is 1. The third-order valence-electron chi connectivity index (χ3n) is 4.27. The normalized spacial score (nSPS) is 11.1. The zero-order valence-electron chi connectivity index (χ0n) is 13.6. The number of rotatable bonds is 6. The number of hydrogen-bond donors (Lipinski definition) is 1. The molecule has 3 rings (SSSR count). The van der Waals surface area contributed by atoms with E-state index >= 15 is 0 Å². The first-order valence-electron chi connectivity index (χ1n) is 8.18. The fraction of sp³-hybridized carbons (Fsp3) is 0.250. The van der Waals surface area contributed by atoms with Crippen molar-refractivity contribution in [1.29, 1.82) is 0 Å². The van der Waals surface area contributed by atoms with Crippen LogP contribution < -0.4 is 0 Å². The number of aromatic carboxylic acids is 1. The second kappa shape index (κ2) is 7.10. The van der Waals surface area contributed by atoms with Crippen LogP contribution in [0.5, 0.6) is 0 Å². The van der Waals surface area contributed by atoms with Crippen LogP contribution in [0.4, 0.5) is 0 Å². The topological polar surface area (TPSA) is 42.2 Å². The summed E-state index contributed by atoms with van der Waals surface area (Å²) in [6.07, 6.45) is 4.98. The first kappa shape index (κ1) is 16.6. The van der Waals surface area contributed by atoms with Gasteiger partial charge in [0.05, 0.1) is 5.56 Å². The van der Waals surface area contributed by atoms with Crippen molar-refractivity contribution in [2.45, 2.75) is 32.7 Å². The molecular weight excluding hydrogens is 322 g/mol. The van der Waals surface area contributed by atoms with Crippen molar-refractivity contribution in [2.24, 2.45) is 0 Å². The predicted molar refractivity (Wildman–Crippen MR) is 98.0 cm³/mol. The van der Waals surface area contributed by atoms with E-state index in [1.807, 2.05) is 30.3 Å². The van der Waals surface area contributed by atoms with Gasteiger partial charge in [0.25, 0.3) is 0 Å².